The molecule has 18 heavy (non-hydrogen) atoms. The lowest BCUT2D eigenvalue weighted by Crippen LogP contribution is -2.07. The summed E-state index contributed by atoms with van der Waals surface area (Å²) in [6, 6.07) is 1.74. The maximum Gasteiger partial charge on any atom is 0.179 e. The second-order valence-electron chi connectivity index (χ2n) is 4.09. The maximum absolute atomic E-state index is 11.1. The molecule has 5 nitrogen and oxygen atoms in total. The Morgan fingerprint density at radius 1 is 1.56 bits per heavy atom. The lowest BCUT2D eigenvalue weighted by molar-refractivity contribution is 0.592. The molecule has 0 fully saturated rings. The van der Waals surface area contributed by atoms with E-state index in [1.807, 2.05) is 0 Å². The van der Waals surface area contributed by atoms with E-state index in [4.69, 9.17) is 23.8 Å². The highest BCUT2D eigenvalue weighted by molar-refractivity contribution is 7.90. The number of pyridine rings is 1. The van der Waals surface area contributed by atoms with Gasteiger partial charge in [-0.1, -0.05) is 11.6 Å². The number of H-pyrrole nitrogens is 1. The normalized spacial score (nSPS) is 12.1. The van der Waals surface area contributed by atoms with E-state index in [2.05, 4.69) is 9.97 Å². The highest BCUT2D eigenvalue weighted by Gasteiger charge is 2.08. The molecule has 0 aliphatic rings. The molecule has 0 saturated heterocycles. The van der Waals surface area contributed by atoms with Crippen LogP contribution < -0.4 is 0 Å². The molecule has 1 N–H and O–H groups in total. The quantitative estimate of drug-likeness (QED) is 0.879. The summed E-state index contributed by atoms with van der Waals surface area (Å²) in [5.41, 5.74) is 1.45. The van der Waals surface area contributed by atoms with Gasteiger partial charge in [0.15, 0.2) is 10.4 Å². The summed E-state index contributed by atoms with van der Waals surface area (Å²) < 4.78 is 24.5. The van der Waals surface area contributed by atoms with Gasteiger partial charge in [0.2, 0.25) is 0 Å². The van der Waals surface area contributed by atoms with E-state index in [0.29, 0.717) is 28.4 Å². The number of hydrogen-bond acceptors (Lipinski definition) is 4. The lowest BCUT2D eigenvalue weighted by Gasteiger charge is -2.03. The fourth-order valence-electron chi connectivity index (χ4n) is 1.71. The lowest BCUT2D eigenvalue weighted by atomic mass is 10.4. The number of hydrogen-bond donors (Lipinski definition) is 1. The van der Waals surface area contributed by atoms with Crippen LogP contribution in [0.15, 0.2) is 12.3 Å². The molecular weight excluding hydrogens is 294 g/mol. The number of aryl methyl sites for hydroxylation is 1. The average Bonchev–Trinajstić information content (AvgIpc) is 2.52. The van der Waals surface area contributed by atoms with Crippen LogP contribution in [0.4, 0.5) is 0 Å². The smallest absolute Gasteiger partial charge is 0.179 e. The third kappa shape index (κ3) is 3.09. The Labute approximate surface area is 115 Å². The van der Waals surface area contributed by atoms with Crippen LogP contribution in [-0.4, -0.2) is 35.0 Å². The first-order chi connectivity index (χ1) is 8.37. The van der Waals surface area contributed by atoms with Crippen LogP contribution in [0.5, 0.6) is 0 Å². The second-order valence-corrected chi connectivity index (χ2v) is 7.17. The third-order valence-corrected chi connectivity index (χ3v) is 4.03. The van der Waals surface area contributed by atoms with Crippen molar-refractivity contribution in [3.8, 4) is 0 Å². The molecular formula is C10H12ClN3O2S2. The molecule has 2 heterocycles. The van der Waals surface area contributed by atoms with Crippen LogP contribution in [0.1, 0.15) is 6.42 Å². The molecule has 2 aromatic rings. The summed E-state index contributed by atoms with van der Waals surface area (Å²) in [5.74, 6) is 0.134. The van der Waals surface area contributed by atoms with E-state index in [1.165, 1.54) is 6.26 Å². The second kappa shape index (κ2) is 4.99. The number of halogens is 1. The van der Waals surface area contributed by atoms with E-state index in [-0.39, 0.29) is 5.75 Å². The van der Waals surface area contributed by atoms with Gasteiger partial charge >= 0.3 is 0 Å². The number of aromatic amines is 1. The molecule has 0 aliphatic heterocycles. The van der Waals surface area contributed by atoms with E-state index in [0.717, 1.165) is 5.52 Å². The SMILES string of the molecule is CS(=O)(=O)CCCn1c(=S)[nH]c2cc(Cl)cnc21. The first-order valence-corrected chi connectivity index (χ1v) is 8.13. The van der Waals surface area contributed by atoms with Crippen molar-refractivity contribution in [2.24, 2.45) is 0 Å². The van der Waals surface area contributed by atoms with Crippen molar-refractivity contribution in [2.45, 2.75) is 13.0 Å². The van der Waals surface area contributed by atoms with Gasteiger partial charge in [-0.2, -0.15) is 0 Å². The molecule has 0 spiro atoms. The van der Waals surface area contributed by atoms with Gasteiger partial charge in [-0.05, 0) is 24.7 Å². The van der Waals surface area contributed by atoms with Gasteiger partial charge in [0.1, 0.15) is 9.84 Å². The number of aromatic nitrogens is 3. The molecule has 0 bridgehead atoms. The predicted octanol–water partition coefficient (Wildman–Crippen LogP) is 2.18. The summed E-state index contributed by atoms with van der Waals surface area (Å²) in [6.07, 6.45) is 3.27. The van der Waals surface area contributed by atoms with Gasteiger partial charge in [-0.15, -0.1) is 0 Å². The molecule has 98 valence electrons. The molecule has 0 unspecified atom stereocenters. The third-order valence-electron chi connectivity index (χ3n) is 2.47. The van der Waals surface area contributed by atoms with Gasteiger partial charge in [0.05, 0.1) is 16.3 Å². The fourth-order valence-corrected chi connectivity index (χ4v) is 2.81. The number of nitrogens with one attached hydrogen (secondary N) is 1. The van der Waals surface area contributed by atoms with Crippen molar-refractivity contribution in [3.05, 3.63) is 22.1 Å². The van der Waals surface area contributed by atoms with Crippen LogP contribution in [0.25, 0.3) is 11.2 Å². The summed E-state index contributed by atoms with van der Waals surface area (Å²) in [7, 11) is -2.95. The van der Waals surface area contributed by atoms with E-state index >= 15 is 0 Å². The molecule has 2 aromatic heterocycles. The standard InChI is InChI=1S/C10H12ClN3O2S2/c1-18(15,16)4-2-3-14-9-8(13-10(14)17)5-7(11)6-12-9/h5-6H,2-4H2,1H3,(H,13,17). The highest BCUT2D eigenvalue weighted by atomic mass is 35.5. The number of imidazole rings is 1. The van der Waals surface area contributed by atoms with Crippen molar-refractivity contribution in [3.63, 3.8) is 0 Å². The maximum atomic E-state index is 11.1. The van der Waals surface area contributed by atoms with E-state index in [1.54, 1.807) is 16.8 Å². The Kier molecular flexibility index (Phi) is 3.74. The largest absolute Gasteiger partial charge is 0.329 e. The number of rotatable bonds is 4. The summed E-state index contributed by atoms with van der Waals surface area (Å²) in [4.78, 5) is 7.20. The molecule has 0 aliphatic carbocycles. The molecule has 0 radical (unpaired) electrons. The Balaban J connectivity index is 2.28. The minimum absolute atomic E-state index is 0.134. The van der Waals surface area contributed by atoms with Gasteiger partial charge in [0.25, 0.3) is 0 Å². The van der Waals surface area contributed by atoms with Crippen LogP contribution >= 0.6 is 23.8 Å². The van der Waals surface area contributed by atoms with Crippen molar-refractivity contribution in [2.75, 3.05) is 12.0 Å². The van der Waals surface area contributed by atoms with Crippen molar-refractivity contribution in [1.29, 1.82) is 0 Å². The Bertz CT molecular complexity index is 733. The van der Waals surface area contributed by atoms with Crippen LogP contribution in [0, 0.1) is 4.77 Å². The van der Waals surface area contributed by atoms with Crippen molar-refractivity contribution >= 4 is 44.8 Å². The van der Waals surface area contributed by atoms with Gasteiger partial charge < -0.3 is 9.55 Å². The van der Waals surface area contributed by atoms with E-state index in [9.17, 15) is 8.42 Å². The first kappa shape index (κ1) is 13.5. The van der Waals surface area contributed by atoms with Crippen LogP contribution in [0.2, 0.25) is 5.02 Å². The monoisotopic (exact) mass is 305 g/mol. The molecule has 8 heteroatoms. The van der Waals surface area contributed by atoms with Crippen molar-refractivity contribution < 1.29 is 8.42 Å². The van der Waals surface area contributed by atoms with Crippen molar-refractivity contribution in [1.82, 2.24) is 14.5 Å². The molecule has 2 rings (SSSR count). The zero-order valence-electron chi connectivity index (χ0n) is 9.68. The van der Waals surface area contributed by atoms with Gasteiger partial charge in [0, 0.05) is 19.0 Å². The molecule has 0 atom stereocenters. The number of nitrogens with zero attached hydrogens (tertiary/aromatic N) is 2. The minimum Gasteiger partial charge on any atom is -0.329 e. The number of sulfone groups is 1. The summed E-state index contributed by atoms with van der Waals surface area (Å²) >= 11 is 11.0. The molecule has 0 aromatic carbocycles. The Morgan fingerprint density at radius 2 is 2.28 bits per heavy atom. The fraction of sp³-hybridized carbons (Fsp3) is 0.400. The zero-order chi connectivity index (χ0) is 13.3. The topological polar surface area (TPSA) is 67.8 Å². The minimum atomic E-state index is -2.95. The summed E-state index contributed by atoms with van der Waals surface area (Å²) in [6.45, 7) is 0.514. The molecule has 0 amide bonds. The first-order valence-electron chi connectivity index (χ1n) is 5.28. The zero-order valence-corrected chi connectivity index (χ0v) is 12.1. The Morgan fingerprint density at radius 3 is 2.94 bits per heavy atom. The highest BCUT2D eigenvalue weighted by Crippen LogP contribution is 2.16. The van der Waals surface area contributed by atoms with Gasteiger partial charge in [-0.3, -0.25) is 0 Å². The van der Waals surface area contributed by atoms with Gasteiger partial charge in [-0.25, -0.2) is 13.4 Å². The van der Waals surface area contributed by atoms with Crippen LogP contribution in [-0.2, 0) is 16.4 Å². The summed E-state index contributed by atoms with van der Waals surface area (Å²) in [5, 5.41) is 0.530. The number of fused-ring (bicyclic) bond motifs is 1. The average molecular weight is 306 g/mol. The predicted molar refractivity (Wildman–Crippen MR) is 74.3 cm³/mol. The van der Waals surface area contributed by atoms with Crippen LogP contribution in [0.3, 0.4) is 0 Å². The molecule has 0 saturated carbocycles. The van der Waals surface area contributed by atoms with E-state index < -0.39 is 9.84 Å². The Hall–Kier alpha value is -0.920.